The summed E-state index contributed by atoms with van der Waals surface area (Å²) in [5.41, 5.74) is 0. The van der Waals surface area contributed by atoms with E-state index in [0.717, 1.165) is 0 Å². The fourth-order valence-electron chi connectivity index (χ4n) is 1.24. The lowest BCUT2D eigenvalue weighted by molar-refractivity contribution is -0.142. The van der Waals surface area contributed by atoms with Crippen molar-refractivity contribution < 1.29 is 14.3 Å². The Morgan fingerprint density at radius 1 is 1.44 bits per heavy atom. The molecule has 2 rings (SSSR count). The zero-order chi connectivity index (χ0) is 11.4. The zero-order valence-electron chi connectivity index (χ0n) is 8.35. The maximum absolute atomic E-state index is 11.7. The van der Waals surface area contributed by atoms with E-state index in [1.807, 2.05) is 0 Å². The standard InChI is InChI=1S/C9H10ClN3O3/c10-7-8(12-2-1-11-7)13-9(14)6-5-15-3-4-16-6/h1-2,6H,3-5H2,(H,12,13,14). The molecule has 1 aromatic rings. The minimum Gasteiger partial charge on any atom is -0.376 e. The van der Waals surface area contributed by atoms with Crippen molar-refractivity contribution >= 4 is 23.3 Å². The first-order valence-corrected chi connectivity index (χ1v) is 5.12. The molecule has 0 bridgehead atoms. The third kappa shape index (κ3) is 2.66. The Kier molecular flexibility index (Phi) is 3.66. The summed E-state index contributed by atoms with van der Waals surface area (Å²) < 4.78 is 10.3. The third-order valence-corrected chi connectivity index (χ3v) is 2.28. The molecule has 1 amide bonds. The van der Waals surface area contributed by atoms with E-state index in [0.29, 0.717) is 13.2 Å². The van der Waals surface area contributed by atoms with Gasteiger partial charge in [-0.05, 0) is 0 Å². The third-order valence-electron chi connectivity index (χ3n) is 2.00. The van der Waals surface area contributed by atoms with Gasteiger partial charge in [0.05, 0.1) is 19.8 Å². The van der Waals surface area contributed by atoms with Gasteiger partial charge in [0.2, 0.25) is 0 Å². The Labute approximate surface area is 96.9 Å². The molecule has 1 aliphatic rings. The molecule has 0 radical (unpaired) electrons. The summed E-state index contributed by atoms with van der Waals surface area (Å²) in [5.74, 6) is -0.106. The first kappa shape index (κ1) is 11.3. The first-order valence-electron chi connectivity index (χ1n) is 4.74. The van der Waals surface area contributed by atoms with E-state index in [1.165, 1.54) is 12.4 Å². The molecule has 6 nitrogen and oxygen atoms in total. The maximum Gasteiger partial charge on any atom is 0.257 e. The Morgan fingerprint density at radius 2 is 2.25 bits per heavy atom. The Morgan fingerprint density at radius 3 is 2.94 bits per heavy atom. The monoisotopic (exact) mass is 243 g/mol. The Hall–Kier alpha value is -1.24. The van der Waals surface area contributed by atoms with Crippen LogP contribution in [0, 0.1) is 0 Å². The summed E-state index contributed by atoms with van der Waals surface area (Å²) in [6, 6.07) is 0. The molecule has 0 saturated carbocycles. The average molecular weight is 244 g/mol. The van der Waals surface area contributed by atoms with Gasteiger partial charge >= 0.3 is 0 Å². The van der Waals surface area contributed by atoms with Crippen molar-refractivity contribution in [3.8, 4) is 0 Å². The molecule has 1 atom stereocenters. The van der Waals surface area contributed by atoms with Gasteiger partial charge in [0.15, 0.2) is 17.1 Å². The van der Waals surface area contributed by atoms with E-state index in [2.05, 4.69) is 15.3 Å². The van der Waals surface area contributed by atoms with E-state index in [4.69, 9.17) is 21.1 Å². The van der Waals surface area contributed by atoms with Gasteiger partial charge in [-0.25, -0.2) is 9.97 Å². The van der Waals surface area contributed by atoms with Crippen molar-refractivity contribution in [2.75, 3.05) is 25.1 Å². The van der Waals surface area contributed by atoms with E-state index < -0.39 is 6.10 Å². The van der Waals surface area contributed by atoms with Crippen LogP contribution in [-0.2, 0) is 14.3 Å². The molecule has 1 aromatic heterocycles. The van der Waals surface area contributed by atoms with Crippen molar-refractivity contribution in [3.63, 3.8) is 0 Å². The van der Waals surface area contributed by atoms with E-state index in [-0.39, 0.29) is 23.5 Å². The van der Waals surface area contributed by atoms with E-state index in [1.54, 1.807) is 0 Å². The Balaban J connectivity index is 1.99. The zero-order valence-corrected chi connectivity index (χ0v) is 9.11. The van der Waals surface area contributed by atoms with Gasteiger partial charge in [-0.1, -0.05) is 11.6 Å². The molecule has 1 unspecified atom stereocenters. The van der Waals surface area contributed by atoms with Crippen molar-refractivity contribution in [2.45, 2.75) is 6.10 Å². The van der Waals surface area contributed by atoms with Crippen molar-refractivity contribution in [3.05, 3.63) is 17.5 Å². The van der Waals surface area contributed by atoms with Crippen molar-refractivity contribution in [2.24, 2.45) is 0 Å². The number of carbonyl (C=O) groups is 1. The number of hydrogen-bond donors (Lipinski definition) is 1. The van der Waals surface area contributed by atoms with Gasteiger partial charge in [-0.15, -0.1) is 0 Å². The number of rotatable bonds is 2. The summed E-state index contributed by atoms with van der Waals surface area (Å²) in [7, 11) is 0. The molecule has 2 heterocycles. The molecular formula is C9H10ClN3O3. The molecule has 7 heteroatoms. The quantitative estimate of drug-likeness (QED) is 0.818. The van der Waals surface area contributed by atoms with Crippen LogP contribution in [-0.4, -0.2) is 41.8 Å². The van der Waals surface area contributed by atoms with Crippen LogP contribution >= 0.6 is 11.6 Å². The van der Waals surface area contributed by atoms with Crippen LogP contribution in [0.5, 0.6) is 0 Å². The van der Waals surface area contributed by atoms with Gasteiger partial charge in [0.1, 0.15) is 0 Å². The first-order chi connectivity index (χ1) is 7.77. The summed E-state index contributed by atoms with van der Waals surface area (Å²) >= 11 is 5.75. The molecule has 1 aliphatic heterocycles. The van der Waals surface area contributed by atoms with Gasteiger partial charge in [0, 0.05) is 12.4 Å². The number of halogens is 1. The van der Waals surface area contributed by atoms with E-state index in [9.17, 15) is 4.79 Å². The topological polar surface area (TPSA) is 73.3 Å². The molecule has 0 spiro atoms. The number of carbonyl (C=O) groups excluding carboxylic acids is 1. The highest BCUT2D eigenvalue weighted by Gasteiger charge is 2.23. The number of amides is 1. The predicted octanol–water partition coefficient (Wildman–Crippen LogP) is 0.484. The highest BCUT2D eigenvalue weighted by atomic mass is 35.5. The van der Waals surface area contributed by atoms with Gasteiger partial charge < -0.3 is 14.8 Å². The number of hydrogen-bond acceptors (Lipinski definition) is 5. The highest BCUT2D eigenvalue weighted by Crippen LogP contribution is 2.15. The summed E-state index contributed by atoms with van der Waals surface area (Å²) in [6.07, 6.45) is 2.27. The predicted molar refractivity (Wildman–Crippen MR) is 56.2 cm³/mol. The van der Waals surface area contributed by atoms with Crippen LogP contribution in [0.3, 0.4) is 0 Å². The van der Waals surface area contributed by atoms with Crippen LogP contribution in [0.1, 0.15) is 0 Å². The lowest BCUT2D eigenvalue weighted by Crippen LogP contribution is -2.39. The van der Waals surface area contributed by atoms with Crippen molar-refractivity contribution in [1.82, 2.24) is 9.97 Å². The second-order valence-electron chi connectivity index (χ2n) is 3.12. The minimum atomic E-state index is -0.619. The summed E-state index contributed by atoms with van der Waals surface area (Å²) in [6.45, 7) is 1.16. The number of aromatic nitrogens is 2. The fourth-order valence-corrected chi connectivity index (χ4v) is 1.39. The average Bonchev–Trinajstić information content (AvgIpc) is 2.33. The number of nitrogens with zero attached hydrogens (tertiary/aromatic N) is 2. The lowest BCUT2D eigenvalue weighted by Gasteiger charge is -2.21. The number of anilines is 1. The van der Waals surface area contributed by atoms with Crippen LogP contribution in [0.4, 0.5) is 5.82 Å². The molecule has 0 aromatic carbocycles. The number of nitrogens with one attached hydrogen (secondary N) is 1. The van der Waals surface area contributed by atoms with E-state index >= 15 is 0 Å². The molecule has 0 aliphatic carbocycles. The van der Waals surface area contributed by atoms with Crippen molar-refractivity contribution in [1.29, 1.82) is 0 Å². The highest BCUT2D eigenvalue weighted by molar-refractivity contribution is 6.32. The molecule has 86 valence electrons. The van der Waals surface area contributed by atoms with Crippen LogP contribution < -0.4 is 5.32 Å². The molecular weight excluding hydrogens is 234 g/mol. The largest absolute Gasteiger partial charge is 0.376 e. The van der Waals surface area contributed by atoms with Gasteiger partial charge in [-0.3, -0.25) is 4.79 Å². The van der Waals surface area contributed by atoms with Gasteiger partial charge in [-0.2, -0.15) is 0 Å². The van der Waals surface area contributed by atoms with Crippen LogP contribution in [0.25, 0.3) is 0 Å². The lowest BCUT2D eigenvalue weighted by atomic mass is 10.3. The maximum atomic E-state index is 11.7. The minimum absolute atomic E-state index is 0.146. The molecule has 16 heavy (non-hydrogen) atoms. The summed E-state index contributed by atoms with van der Waals surface area (Å²) in [5, 5.41) is 2.68. The Bertz CT molecular complexity index is 382. The molecule has 1 N–H and O–H groups in total. The SMILES string of the molecule is O=C(Nc1nccnc1Cl)C1COCCO1. The molecule has 1 fully saturated rings. The van der Waals surface area contributed by atoms with Crippen LogP contribution in [0.2, 0.25) is 5.15 Å². The van der Waals surface area contributed by atoms with Crippen LogP contribution in [0.15, 0.2) is 12.4 Å². The normalized spacial score (nSPS) is 20.4. The second kappa shape index (κ2) is 5.20. The summed E-state index contributed by atoms with van der Waals surface area (Å²) in [4.78, 5) is 19.4. The second-order valence-corrected chi connectivity index (χ2v) is 3.48. The fraction of sp³-hybridized carbons (Fsp3) is 0.444. The smallest absolute Gasteiger partial charge is 0.257 e. The number of ether oxygens (including phenoxy) is 2. The molecule has 1 saturated heterocycles. The van der Waals surface area contributed by atoms with Gasteiger partial charge in [0.25, 0.3) is 5.91 Å².